The van der Waals surface area contributed by atoms with E-state index in [0.29, 0.717) is 45.0 Å². The molecule has 4 rings (SSSR count). The molecule has 178 valence electrons. The van der Waals surface area contributed by atoms with Gasteiger partial charge in [0.2, 0.25) is 10.0 Å². The van der Waals surface area contributed by atoms with Gasteiger partial charge in [0.15, 0.2) is 0 Å². The summed E-state index contributed by atoms with van der Waals surface area (Å²) in [4.78, 5) is 13.1. The molecule has 0 radical (unpaired) electrons. The van der Waals surface area contributed by atoms with E-state index < -0.39 is 10.0 Å². The Morgan fingerprint density at radius 1 is 1.03 bits per heavy atom. The standard InChI is InChI=1S/C25H32N2O5S/c1-2-32-22-9-7-21(8-10-22)25(13-17-31-18-14-25)19-26-24(28)20-5-11-23(12-6-20)33(29,30)27-15-3-4-16-27/h5-12H,2-4,13-19H2,1H3,(H,26,28). The van der Waals surface area contributed by atoms with Crippen molar-refractivity contribution in [2.24, 2.45) is 0 Å². The average Bonchev–Trinajstić information content (AvgIpc) is 3.40. The number of benzene rings is 2. The molecule has 2 aliphatic heterocycles. The molecule has 2 heterocycles. The molecule has 0 aliphatic carbocycles. The monoisotopic (exact) mass is 472 g/mol. The number of carbonyl (C=O) groups is 1. The fraction of sp³-hybridized carbons (Fsp3) is 0.480. The topological polar surface area (TPSA) is 84.9 Å². The van der Waals surface area contributed by atoms with Gasteiger partial charge in [-0.3, -0.25) is 4.79 Å². The molecule has 2 fully saturated rings. The van der Waals surface area contributed by atoms with Crippen LogP contribution in [0.5, 0.6) is 5.75 Å². The van der Waals surface area contributed by atoms with E-state index in [1.54, 1.807) is 12.1 Å². The van der Waals surface area contributed by atoms with Crippen LogP contribution < -0.4 is 10.1 Å². The smallest absolute Gasteiger partial charge is 0.251 e. The van der Waals surface area contributed by atoms with E-state index in [4.69, 9.17) is 9.47 Å². The number of nitrogens with one attached hydrogen (secondary N) is 1. The third kappa shape index (κ3) is 5.23. The fourth-order valence-corrected chi connectivity index (χ4v) is 6.13. The van der Waals surface area contributed by atoms with Crippen LogP contribution in [0.4, 0.5) is 0 Å². The zero-order valence-corrected chi connectivity index (χ0v) is 19.9. The van der Waals surface area contributed by atoms with Gasteiger partial charge in [0, 0.05) is 43.8 Å². The van der Waals surface area contributed by atoms with Crippen LogP contribution in [0.25, 0.3) is 0 Å². The van der Waals surface area contributed by atoms with Gasteiger partial charge in [-0.2, -0.15) is 4.31 Å². The highest BCUT2D eigenvalue weighted by Crippen LogP contribution is 2.35. The molecular weight excluding hydrogens is 440 g/mol. The second-order valence-electron chi connectivity index (χ2n) is 8.67. The van der Waals surface area contributed by atoms with Crippen molar-refractivity contribution in [3.8, 4) is 5.75 Å². The summed E-state index contributed by atoms with van der Waals surface area (Å²) in [6, 6.07) is 14.3. The Labute approximate surface area is 196 Å². The first-order chi connectivity index (χ1) is 15.9. The van der Waals surface area contributed by atoms with Crippen molar-refractivity contribution in [1.82, 2.24) is 9.62 Å². The van der Waals surface area contributed by atoms with Gasteiger partial charge in [0.1, 0.15) is 5.75 Å². The summed E-state index contributed by atoms with van der Waals surface area (Å²) in [6.07, 6.45) is 3.41. The SMILES string of the molecule is CCOc1ccc(C2(CNC(=O)c3ccc(S(=O)(=O)N4CCCC4)cc3)CCOCC2)cc1. The summed E-state index contributed by atoms with van der Waals surface area (Å²) >= 11 is 0. The summed E-state index contributed by atoms with van der Waals surface area (Å²) in [5.41, 5.74) is 1.39. The highest BCUT2D eigenvalue weighted by atomic mass is 32.2. The fourth-order valence-electron chi connectivity index (χ4n) is 4.61. The number of ether oxygens (including phenoxy) is 2. The zero-order valence-electron chi connectivity index (χ0n) is 19.1. The summed E-state index contributed by atoms with van der Waals surface area (Å²) in [5.74, 6) is 0.619. The number of hydrogen-bond acceptors (Lipinski definition) is 5. The van der Waals surface area contributed by atoms with Gasteiger partial charge in [-0.15, -0.1) is 0 Å². The normalized spacial score (nSPS) is 18.7. The van der Waals surface area contributed by atoms with Gasteiger partial charge in [-0.05, 0) is 74.6 Å². The number of amides is 1. The van der Waals surface area contributed by atoms with Crippen LogP contribution in [0.2, 0.25) is 0 Å². The highest BCUT2D eigenvalue weighted by molar-refractivity contribution is 7.89. The molecule has 8 heteroatoms. The van der Waals surface area contributed by atoms with Crippen LogP contribution >= 0.6 is 0 Å². The molecule has 0 spiro atoms. The molecule has 33 heavy (non-hydrogen) atoms. The van der Waals surface area contributed by atoms with Gasteiger partial charge < -0.3 is 14.8 Å². The Kier molecular flexibility index (Phi) is 7.36. The summed E-state index contributed by atoms with van der Waals surface area (Å²) < 4.78 is 38.1. The van der Waals surface area contributed by atoms with Crippen LogP contribution in [0.15, 0.2) is 53.4 Å². The van der Waals surface area contributed by atoms with Crippen LogP contribution in [0.1, 0.15) is 48.5 Å². The second-order valence-corrected chi connectivity index (χ2v) is 10.6. The number of carbonyl (C=O) groups excluding carboxylic acids is 1. The first kappa shape index (κ1) is 23.7. The molecule has 1 N–H and O–H groups in total. The van der Waals surface area contributed by atoms with E-state index in [2.05, 4.69) is 17.4 Å². The molecule has 0 unspecified atom stereocenters. The van der Waals surface area contributed by atoms with Crippen molar-refractivity contribution in [2.75, 3.05) is 39.5 Å². The third-order valence-corrected chi connectivity index (χ3v) is 8.55. The average molecular weight is 473 g/mol. The second kappa shape index (κ2) is 10.2. The van der Waals surface area contributed by atoms with Crippen molar-refractivity contribution in [3.05, 3.63) is 59.7 Å². The lowest BCUT2D eigenvalue weighted by atomic mass is 9.74. The molecule has 0 aromatic heterocycles. The van der Waals surface area contributed by atoms with E-state index in [0.717, 1.165) is 37.0 Å². The maximum atomic E-state index is 12.9. The van der Waals surface area contributed by atoms with Gasteiger partial charge >= 0.3 is 0 Å². The van der Waals surface area contributed by atoms with E-state index >= 15 is 0 Å². The molecule has 2 aromatic rings. The molecule has 7 nitrogen and oxygen atoms in total. The number of nitrogens with zero attached hydrogens (tertiary/aromatic N) is 1. The maximum Gasteiger partial charge on any atom is 0.251 e. The lowest BCUT2D eigenvalue weighted by Gasteiger charge is -2.38. The summed E-state index contributed by atoms with van der Waals surface area (Å²) in [6.45, 7) is 5.46. The number of hydrogen-bond donors (Lipinski definition) is 1. The predicted octanol–water partition coefficient (Wildman–Crippen LogP) is 3.35. The van der Waals surface area contributed by atoms with E-state index in [1.807, 2.05) is 19.1 Å². The van der Waals surface area contributed by atoms with Gasteiger partial charge in [-0.25, -0.2) is 8.42 Å². The first-order valence-corrected chi connectivity index (χ1v) is 13.1. The van der Waals surface area contributed by atoms with Gasteiger partial charge in [0.05, 0.1) is 11.5 Å². The molecular formula is C25H32N2O5S. The van der Waals surface area contributed by atoms with Crippen molar-refractivity contribution in [1.29, 1.82) is 0 Å². The predicted molar refractivity (Wildman–Crippen MR) is 126 cm³/mol. The minimum Gasteiger partial charge on any atom is -0.494 e. The van der Waals surface area contributed by atoms with Crippen LogP contribution in [0.3, 0.4) is 0 Å². The van der Waals surface area contributed by atoms with Crippen molar-refractivity contribution in [2.45, 2.75) is 42.9 Å². The van der Waals surface area contributed by atoms with Crippen LogP contribution in [0, 0.1) is 0 Å². The lowest BCUT2D eigenvalue weighted by molar-refractivity contribution is 0.0487. The van der Waals surface area contributed by atoms with E-state index in [1.165, 1.54) is 16.4 Å². The highest BCUT2D eigenvalue weighted by Gasteiger charge is 2.35. The number of sulfonamides is 1. The van der Waals surface area contributed by atoms with E-state index in [9.17, 15) is 13.2 Å². The molecule has 0 bridgehead atoms. The Morgan fingerprint density at radius 2 is 1.67 bits per heavy atom. The Bertz CT molecular complexity index is 1040. The summed E-state index contributed by atoms with van der Waals surface area (Å²) in [7, 11) is -3.49. The number of rotatable bonds is 8. The summed E-state index contributed by atoms with van der Waals surface area (Å²) in [5, 5.41) is 3.08. The quantitative estimate of drug-likeness (QED) is 0.637. The molecule has 2 aliphatic rings. The van der Waals surface area contributed by atoms with Crippen LogP contribution in [-0.2, 0) is 20.2 Å². The van der Waals surface area contributed by atoms with Crippen molar-refractivity contribution >= 4 is 15.9 Å². The first-order valence-electron chi connectivity index (χ1n) is 11.6. The minimum absolute atomic E-state index is 0.211. The minimum atomic E-state index is -3.49. The molecule has 1 amide bonds. The van der Waals surface area contributed by atoms with Crippen molar-refractivity contribution in [3.63, 3.8) is 0 Å². The maximum absolute atomic E-state index is 12.9. The van der Waals surface area contributed by atoms with Gasteiger partial charge in [-0.1, -0.05) is 12.1 Å². The Hall–Kier alpha value is -2.42. The Morgan fingerprint density at radius 3 is 2.27 bits per heavy atom. The Balaban J connectivity index is 1.45. The molecule has 2 aromatic carbocycles. The van der Waals surface area contributed by atoms with Gasteiger partial charge in [0.25, 0.3) is 5.91 Å². The lowest BCUT2D eigenvalue weighted by Crippen LogP contribution is -2.44. The zero-order chi connectivity index (χ0) is 23.3. The van der Waals surface area contributed by atoms with Crippen LogP contribution in [-0.4, -0.2) is 58.1 Å². The van der Waals surface area contributed by atoms with E-state index in [-0.39, 0.29) is 16.2 Å². The molecule has 0 saturated carbocycles. The molecule has 0 atom stereocenters. The largest absolute Gasteiger partial charge is 0.494 e. The molecule has 2 saturated heterocycles. The third-order valence-electron chi connectivity index (χ3n) is 6.63. The van der Waals surface area contributed by atoms with Crippen molar-refractivity contribution < 1.29 is 22.7 Å².